The fourth-order valence-corrected chi connectivity index (χ4v) is 3.99. The number of rotatable bonds is 9. The van der Waals surface area contributed by atoms with Crippen LogP contribution in [0.15, 0.2) is 40.1 Å². The molecule has 0 saturated carbocycles. The number of hydrogen-bond acceptors (Lipinski definition) is 5. The van der Waals surface area contributed by atoms with Crippen LogP contribution in [0, 0.1) is 0 Å². The molecule has 2 rings (SSSR count). The molecule has 0 radical (unpaired) electrons. The normalized spacial score (nSPS) is 11.6. The van der Waals surface area contributed by atoms with Crippen molar-refractivity contribution >= 4 is 27.3 Å². The lowest BCUT2D eigenvalue weighted by Crippen LogP contribution is -2.34. The summed E-state index contributed by atoms with van der Waals surface area (Å²) in [5, 5.41) is 4.80. The number of nitrogens with one attached hydrogen (secondary N) is 2. The highest BCUT2D eigenvalue weighted by atomic mass is 32.2. The van der Waals surface area contributed by atoms with Gasteiger partial charge in [0, 0.05) is 30.0 Å². The lowest BCUT2D eigenvalue weighted by atomic mass is 10.1. The average Bonchev–Trinajstić information content (AvgIpc) is 3.13. The van der Waals surface area contributed by atoms with E-state index in [0.29, 0.717) is 12.0 Å². The first kappa shape index (κ1) is 19.6. The van der Waals surface area contributed by atoms with E-state index in [9.17, 15) is 13.2 Å². The maximum Gasteiger partial charge on any atom is 0.251 e. The molecule has 0 bridgehead atoms. The SMILES string of the molecule is CCC(CC)NC(=O)c1cccc(S(=O)(=O)NCCc2cscn2)c1. The van der Waals surface area contributed by atoms with E-state index in [0.717, 1.165) is 18.5 Å². The van der Waals surface area contributed by atoms with Crippen molar-refractivity contribution in [3.05, 3.63) is 46.4 Å². The van der Waals surface area contributed by atoms with Crippen LogP contribution >= 0.6 is 11.3 Å². The van der Waals surface area contributed by atoms with Crippen LogP contribution in [0.3, 0.4) is 0 Å². The first-order chi connectivity index (χ1) is 12.0. The molecule has 6 nitrogen and oxygen atoms in total. The van der Waals surface area contributed by atoms with Crippen molar-refractivity contribution in [1.82, 2.24) is 15.0 Å². The topological polar surface area (TPSA) is 88.2 Å². The van der Waals surface area contributed by atoms with Gasteiger partial charge in [-0.15, -0.1) is 11.3 Å². The van der Waals surface area contributed by atoms with Crippen molar-refractivity contribution < 1.29 is 13.2 Å². The second kappa shape index (κ2) is 9.07. The lowest BCUT2D eigenvalue weighted by molar-refractivity contribution is 0.0934. The van der Waals surface area contributed by atoms with Crippen molar-refractivity contribution in [2.24, 2.45) is 0 Å². The lowest BCUT2D eigenvalue weighted by Gasteiger charge is -2.15. The predicted octanol–water partition coefficient (Wildman–Crippen LogP) is 2.58. The Morgan fingerprint density at radius 2 is 2.04 bits per heavy atom. The molecule has 0 aliphatic rings. The molecule has 25 heavy (non-hydrogen) atoms. The number of carbonyl (C=O) groups is 1. The molecule has 0 spiro atoms. The molecule has 1 amide bonds. The van der Waals surface area contributed by atoms with Gasteiger partial charge in [-0.05, 0) is 31.0 Å². The smallest absolute Gasteiger partial charge is 0.251 e. The monoisotopic (exact) mass is 381 g/mol. The number of hydrogen-bond donors (Lipinski definition) is 2. The van der Waals surface area contributed by atoms with E-state index < -0.39 is 10.0 Å². The van der Waals surface area contributed by atoms with Crippen molar-refractivity contribution in [3.8, 4) is 0 Å². The molecule has 8 heteroatoms. The summed E-state index contributed by atoms with van der Waals surface area (Å²) in [4.78, 5) is 16.5. The van der Waals surface area contributed by atoms with Crippen LogP contribution in [0.5, 0.6) is 0 Å². The van der Waals surface area contributed by atoms with Gasteiger partial charge >= 0.3 is 0 Å². The molecular weight excluding hydrogens is 358 g/mol. The predicted molar refractivity (Wildman–Crippen MR) is 99.3 cm³/mol. The Bertz CT molecular complexity index is 785. The van der Waals surface area contributed by atoms with Gasteiger partial charge in [0.25, 0.3) is 5.91 Å². The number of sulfonamides is 1. The Balaban J connectivity index is 2.04. The van der Waals surface area contributed by atoms with Crippen LogP contribution in [0.2, 0.25) is 0 Å². The van der Waals surface area contributed by atoms with Crippen molar-refractivity contribution in [2.45, 2.75) is 44.0 Å². The number of thiazole rings is 1. The summed E-state index contributed by atoms with van der Waals surface area (Å²) >= 11 is 1.47. The number of nitrogens with zero attached hydrogens (tertiary/aromatic N) is 1. The van der Waals surface area contributed by atoms with E-state index in [2.05, 4.69) is 15.0 Å². The van der Waals surface area contributed by atoms with E-state index in [1.807, 2.05) is 19.2 Å². The highest BCUT2D eigenvalue weighted by Gasteiger charge is 2.17. The molecule has 2 N–H and O–H groups in total. The molecule has 1 aromatic carbocycles. The minimum absolute atomic E-state index is 0.0861. The number of amides is 1. The van der Waals surface area contributed by atoms with E-state index in [1.165, 1.54) is 23.5 Å². The number of aromatic nitrogens is 1. The van der Waals surface area contributed by atoms with Crippen LogP contribution < -0.4 is 10.0 Å². The quantitative estimate of drug-likeness (QED) is 0.699. The van der Waals surface area contributed by atoms with Crippen molar-refractivity contribution in [1.29, 1.82) is 0 Å². The third-order valence-corrected chi connectivity index (χ3v) is 5.98. The van der Waals surface area contributed by atoms with Crippen LogP contribution in [0.1, 0.15) is 42.7 Å². The zero-order chi connectivity index (χ0) is 18.3. The molecule has 0 aliphatic heterocycles. The first-order valence-corrected chi connectivity index (χ1v) is 10.7. The molecule has 1 heterocycles. The zero-order valence-electron chi connectivity index (χ0n) is 14.4. The molecule has 0 saturated heterocycles. The van der Waals surface area contributed by atoms with Crippen LogP contribution in [-0.2, 0) is 16.4 Å². The molecule has 2 aromatic rings. The summed E-state index contributed by atoms with van der Waals surface area (Å²) in [6, 6.07) is 6.18. The van der Waals surface area contributed by atoms with Gasteiger partial charge in [0.05, 0.1) is 16.1 Å². The third-order valence-electron chi connectivity index (χ3n) is 3.88. The Morgan fingerprint density at radius 1 is 1.28 bits per heavy atom. The summed E-state index contributed by atoms with van der Waals surface area (Å²) < 4.78 is 27.4. The zero-order valence-corrected chi connectivity index (χ0v) is 16.0. The molecule has 0 atom stereocenters. The van der Waals surface area contributed by atoms with Gasteiger partial charge in [-0.3, -0.25) is 4.79 Å². The Hall–Kier alpha value is -1.77. The van der Waals surface area contributed by atoms with E-state index in [1.54, 1.807) is 17.6 Å². The van der Waals surface area contributed by atoms with Gasteiger partial charge in [0.1, 0.15) is 0 Å². The van der Waals surface area contributed by atoms with Crippen LogP contribution in [0.4, 0.5) is 0 Å². The maximum atomic E-state index is 12.4. The van der Waals surface area contributed by atoms with Gasteiger partial charge in [-0.25, -0.2) is 18.1 Å². The fraction of sp³-hybridized carbons (Fsp3) is 0.412. The summed E-state index contributed by atoms with van der Waals surface area (Å²) in [7, 11) is -3.66. The summed E-state index contributed by atoms with van der Waals surface area (Å²) in [6.45, 7) is 4.26. The fourth-order valence-electron chi connectivity index (χ4n) is 2.32. The minimum Gasteiger partial charge on any atom is -0.349 e. The Morgan fingerprint density at radius 3 is 2.68 bits per heavy atom. The molecule has 0 fully saturated rings. The van der Waals surface area contributed by atoms with Crippen molar-refractivity contribution in [2.75, 3.05) is 6.54 Å². The number of carbonyl (C=O) groups excluding carboxylic acids is 1. The van der Waals surface area contributed by atoms with E-state index in [4.69, 9.17) is 0 Å². The largest absolute Gasteiger partial charge is 0.349 e. The molecular formula is C17H23N3O3S2. The van der Waals surface area contributed by atoms with Gasteiger partial charge in [-0.2, -0.15) is 0 Å². The first-order valence-electron chi connectivity index (χ1n) is 8.24. The highest BCUT2D eigenvalue weighted by molar-refractivity contribution is 7.89. The Kier molecular flexibility index (Phi) is 7.10. The average molecular weight is 382 g/mol. The van der Waals surface area contributed by atoms with Crippen LogP contribution in [0.25, 0.3) is 0 Å². The third kappa shape index (κ3) is 5.62. The van der Waals surface area contributed by atoms with Gasteiger partial charge in [0.15, 0.2) is 0 Å². The standard InChI is InChI=1S/C17H23N3O3S2/c1-3-14(4-2)20-17(21)13-6-5-7-16(10-13)25(22,23)19-9-8-15-11-24-12-18-15/h5-7,10-12,14,19H,3-4,8-9H2,1-2H3,(H,20,21). The van der Waals surface area contributed by atoms with Crippen LogP contribution in [-0.4, -0.2) is 31.9 Å². The minimum atomic E-state index is -3.66. The molecule has 1 aromatic heterocycles. The summed E-state index contributed by atoms with van der Waals surface area (Å²) in [5.41, 5.74) is 2.91. The van der Waals surface area contributed by atoms with Gasteiger partial charge in [-0.1, -0.05) is 19.9 Å². The van der Waals surface area contributed by atoms with E-state index in [-0.39, 0.29) is 23.4 Å². The summed E-state index contributed by atoms with van der Waals surface area (Å²) in [5.74, 6) is -0.256. The Labute approximate surface area is 152 Å². The second-order valence-electron chi connectivity index (χ2n) is 5.64. The summed E-state index contributed by atoms with van der Waals surface area (Å²) in [6.07, 6.45) is 2.19. The van der Waals surface area contributed by atoms with Crippen molar-refractivity contribution in [3.63, 3.8) is 0 Å². The highest BCUT2D eigenvalue weighted by Crippen LogP contribution is 2.12. The maximum absolute atomic E-state index is 12.4. The van der Waals surface area contributed by atoms with E-state index >= 15 is 0 Å². The molecule has 0 unspecified atom stereocenters. The molecule has 0 aliphatic carbocycles. The number of benzene rings is 1. The molecule has 136 valence electrons. The van der Waals surface area contributed by atoms with Gasteiger partial charge in [0.2, 0.25) is 10.0 Å². The van der Waals surface area contributed by atoms with Gasteiger partial charge < -0.3 is 5.32 Å². The second-order valence-corrected chi connectivity index (χ2v) is 8.13.